The minimum absolute atomic E-state index is 0.342. The van der Waals surface area contributed by atoms with Crippen LogP contribution < -0.4 is 10.6 Å². The molecule has 26 heavy (non-hydrogen) atoms. The van der Waals surface area contributed by atoms with Crippen LogP contribution >= 0.6 is 0 Å². The van der Waals surface area contributed by atoms with Gasteiger partial charge in [-0.25, -0.2) is 9.97 Å². The lowest BCUT2D eigenvalue weighted by molar-refractivity contribution is 0.468. The lowest BCUT2D eigenvalue weighted by Crippen LogP contribution is -2.34. The average Bonchev–Trinajstić information content (AvgIpc) is 3.10. The predicted molar refractivity (Wildman–Crippen MR) is 101 cm³/mol. The van der Waals surface area contributed by atoms with E-state index in [4.69, 9.17) is 5.73 Å². The summed E-state index contributed by atoms with van der Waals surface area (Å²) in [5.74, 6) is 2.88. The molecule has 0 radical (unpaired) electrons. The van der Waals surface area contributed by atoms with Crippen LogP contribution in [-0.2, 0) is 6.54 Å². The summed E-state index contributed by atoms with van der Waals surface area (Å²) in [7, 11) is 0. The molecule has 3 aromatic heterocycles. The van der Waals surface area contributed by atoms with Crippen molar-refractivity contribution in [1.29, 1.82) is 0 Å². The number of nitrogens with two attached hydrogens (primary N) is 1. The molecule has 134 valence electrons. The van der Waals surface area contributed by atoms with Crippen LogP contribution in [0.2, 0.25) is 0 Å². The van der Waals surface area contributed by atoms with Crippen molar-refractivity contribution in [2.75, 3.05) is 23.7 Å². The number of aromatic nitrogens is 5. The van der Waals surface area contributed by atoms with E-state index in [9.17, 15) is 0 Å². The first-order chi connectivity index (χ1) is 12.7. The highest BCUT2D eigenvalue weighted by atomic mass is 15.2. The summed E-state index contributed by atoms with van der Waals surface area (Å²) in [5, 5.41) is 0. The molecular weight excluding hydrogens is 326 g/mol. The van der Waals surface area contributed by atoms with Crippen LogP contribution in [0.5, 0.6) is 0 Å². The number of imidazole rings is 1. The van der Waals surface area contributed by atoms with Crippen LogP contribution in [0.15, 0.2) is 43.0 Å². The number of hydrogen-bond acceptors (Lipinski definition) is 6. The first-order valence-corrected chi connectivity index (χ1v) is 8.95. The van der Waals surface area contributed by atoms with E-state index in [1.54, 1.807) is 6.20 Å². The van der Waals surface area contributed by atoms with Gasteiger partial charge in [0.2, 0.25) is 5.95 Å². The van der Waals surface area contributed by atoms with Crippen LogP contribution in [0.3, 0.4) is 0 Å². The van der Waals surface area contributed by atoms with Crippen molar-refractivity contribution in [3.63, 3.8) is 0 Å². The Morgan fingerprint density at radius 2 is 2.04 bits per heavy atom. The lowest BCUT2D eigenvalue weighted by Gasteiger charge is -2.32. The minimum atomic E-state index is 0.342. The molecule has 2 N–H and O–H groups in total. The number of hydrogen-bond donors (Lipinski definition) is 1. The lowest BCUT2D eigenvalue weighted by atomic mass is 9.95. The van der Waals surface area contributed by atoms with Crippen molar-refractivity contribution in [1.82, 2.24) is 24.5 Å². The van der Waals surface area contributed by atoms with Gasteiger partial charge >= 0.3 is 0 Å². The molecule has 0 aromatic carbocycles. The molecule has 0 bridgehead atoms. The highest BCUT2D eigenvalue weighted by Gasteiger charge is 2.25. The van der Waals surface area contributed by atoms with Crippen molar-refractivity contribution < 1.29 is 0 Å². The quantitative estimate of drug-likeness (QED) is 0.778. The fourth-order valence-corrected chi connectivity index (χ4v) is 3.61. The van der Waals surface area contributed by atoms with Crippen molar-refractivity contribution in [2.24, 2.45) is 0 Å². The number of aryl methyl sites for hydroxylation is 1. The van der Waals surface area contributed by atoms with Gasteiger partial charge in [0, 0.05) is 55.6 Å². The molecular formula is C19H23N7. The van der Waals surface area contributed by atoms with E-state index in [1.165, 1.54) is 5.56 Å². The van der Waals surface area contributed by atoms with Crippen LogP contribution in [0.4, 0.5) is 11.8 Å². The molecule has 1 aliphatic rings. The monoisotopic (exact) mass is 349 g/mol. The smallest absolute Gasteiger partial charge is 0.222 e. The molecule has 0 atom stereocenters. The first-order valence-electron chi connectivity index (χ1n) is 8.95. The van der Waals surface area contributed by atoms with Gasteiger partial charge in [-0.05, 0) is 31.4 Å². The largest absolute Gasteiger partial charge is 0.368 e. The summed E-state index contributed by atoms with van der Waals surface area (Å²) >= 11 is 0. The number of anilines is 2. The highest BCUT2D eigenvalue weighted by Crippen LogP contribution is 2.29. The first kappa shape index (κ1) is 16.5. The van der Waals surface area contributed by atoms with E-state index >= 15 is 0 Å². The van der Waals surface area contributed by atoms with Crippen molar-refractivity contribution in [3.05, 3.63) is 60.1 Å². The molecule has 0 unspecified atom stereocenters. The summed E-state index contributed by atoms with van der Waals surface area (Å²) in [6.07, 6.45) is 9.76. The Hall–Kier alpha value is -2.96. The molecule has 0 aliphatic carbocycles. The number of nitrogen functional groups attached to an aromatic ring is 1. The molecule has 4 rings (SSSR count). The van der Waals surface area contributed by atoms with E-state index in [2.05, 4.69) is 41.7 Å². The Morgan fingerprint density at radius 3 is 2.77 bits per heavy atom. The standard InChI is InChI=1S/C19H23N7/c1-14-11-17(24-19(20)23-14)25-8-4-16(5-9-25)18-22-7-10-26(18)13-15-3-2-6-21-12-15/h2-3,6-7,10-12,16H,4-5,8-9,13H2,1H3,(H2,20,23,24). The van der Waals surface area contributed by atoms with Gasteiger partial charge < -0.3 is 15.2 Å². The molecule has 1 aliphatic heterocycles. The molecule has 3 aromatic rings. The van der Waals surface area contributed by atoms with Crippen LogP contribution in [0, 0.1) is 6.92 Å². The van der Waals surface area contributed by atoms with E-state index in [1.807, 2.05) is 31.5 Å². The van der Waals surface area contributed by atoms with E-state index < -0.39 is 0 Å². The zero-order chi connectivity index (χ0) is 17.9. The third-order valence-electron chi connectivity index (χ3n) is 4.87. The zero-order valence-corrected chi connectivity index (χ0v) is 14.9. The third-order valence-corrected chi connectivity index (χ3v) is 4.87. The second kappa shape index (κ2) is 7.11. The number of rotatable bonds is 4. The Labute approximate surface area is 152 Å². The van der Waals surface area contributed by atoms with E-state index in [-0.39, 0.29) is 0 Å². The maximum absolute atomic E-state index is 5.80. The predicted octanol–water partition coefficient (Wildman–Crippen LogP) is 2.39. The van der Waals surface area contributed by atoms with Gasteiger partial charge in [0.15, 0.2) is 0 Å². The van der Waals surface area contributed by atoms with Crippen molar-refractivity contribution >= 4 is 11.8 Å². The Kier molecular flexibility index (Phi) is 4.51. The molecule has 1 fully saturated rings. The van der Waals surface area contributed by atoms with E-state index in [0.29, 0.717) is 11.9 Å². The molecule has 0 saturated carbocycles. The molecule has 7 nitrogen and oxygen atoms in total. The summed E-state index contributed by atoms with van der Waals surface area (Å²) < 4.78 is 2.24. The summed E-state index contributed by atoms with van der Waals surface area (Å²) in [6, 6.07) is 6.07. The van der Waals surface area contributed by atoms with Gasteiger partial charge in [-0.15, -0.1) is 0 Å². The molecule has 4 heterocycles. The van der Waals surface area contributed by atoms with E-state index in [0.717, 1.165) is 49.8 Å². The van der Waals surface area contributed by atoms with Gasteiger partial charge in [-0.3, -0.25) is 4.98 Å². The number of nitrogens with zero attached hydrogens (tertiary/aromatic N) is 6. The van der Waals surface area contributed by atoms with Crippen molar-refractivity contribution in [2.45, 2.75) is 32.2 Å². The van der Waals surface area contributed by atoms with Crippen LogP contribution in [-0.4, -0.2) is 37.6 Å². The highest BCUT2D eigenvalue weighted by molar-refractivity contribution is 5.43. The second-order valence-corrected chi connectivity index (χ2v) is 6.76. The van der Waals surface area contributed by atoms with Gasteiger partial charge in [-0.2, -0.15) is 4.98 Å². The van der Waals surface area contributed by atoms with Gasteiger partial charge in [0.05, 0.1) is 6.54 Å². The van der Waals surface area contributed by atoms with Gasteiger partial charge in [-0.1, -0.05) is 6.07 Å². The fraction of sp³-hybridized carbons (Fsp3) is 0.368. The summed E-state index contributed by atoms with van der Waals surface area (Å²) in [5.41, 5.74) is 7.89. The summed E-state index contributed by atoms with van der Waals surface area (Å²) in [4.78, 5) is 19.7. The molecule has 7 heteroatoms. The van der Waals surface area contributed by atoms with Gasteiger partial charge in [0.1, 0.15) is 11.6 Å². The van der Waals surface area contributed by atoms with Gasteiger partial charge in [0.25, 0.3) is 0 Å². The average molecular weight is 349 g/mol. The maximum atomic E-state index is 5.80. The molecule has 0 spiro atoms. The minimum Gasteiger partial charge on any atom is -0.368 e. The zero-order valence-electron chi connectivity index (χ0n) is 14.9. The Balaban J connectivity index is 1.45. The topological polar surface area (TPSA) is 85.8 Å². The number of pyridine rings is 1. The van der Waals surface area contributed by atoms with Crippen LogP contribution in [0.1, 0.15) is 35.8 Å². The fourth-order valence-electron chi connectivity index (χ4n) is 3.61. The Bertz CT molecular complexity index is 846. The van der Waals surface area contributed by atoms with Crippen molar-refractivity contribution in [3.8, 4) is 0 Å². The third kappa shape index (κ3) is 3.51. The summed E-state index contributed by atoms with van der Waals surface area (Å²) in [6.45, 7) is 4.65. The normalized spacial score (nSPS) is 15.3. The molecule has 0 amide bonds. The second-order valence-electron chi connectivity index (χ2n) is 6.76. The SMILES string of the molecule is Cc1cc(N2CCC(c3nccn3Cc3cccnc3)CC2)nc(N)n1. The molecule has 1 saturated heterocycles. The number of piperidine rings is 1. The maximum Gasteiger partial charge on any atom is 0.222 e. The Morgan fingerprint density at radius 1 is 1.19 bits per heavy atom. The van der Waals surface area contributed by atoms with Crippen LogP contribution in [0.25, 0.3) is 0 Å².